The van der Waals surface area contributed by atoms with Crippen molar-refractivity contribution in [2.75, 3.05) is 27.8 Å². The Labute approximate surface area is 115 Å². The van der Waals surface area contributed by atoms with Crippen molar-refractivity contribution in [2.45, 2.75) is 31.3 Å². The number of benzene rings is 1. The maximum Gasteiger partial charge on any atom is 0.161 e. The van der Waals surface area contributed by atoms with Crippen LogP contribution in [0.3, 0.4) is 0 Å². The van der Waals surface area contributed by atoms with Gasteiger partial charge in [0.2, 0.25) is 0 Å². The van der Waals surface area contributed by atoms with Crippen LogP contribution in [0, 0.1) is 0 Å². The highest BCUT2D eigenvalue weighted by Crippen LogP contribution is 2.31. The number of nitrogens with one attached hydrogen (secondary N) is 2. The zero-order valence-corrected chi connectivity index (χ0v) is 12.0. The van der Waals surface area contributed by atoms with E-state index in [0.29, 0.717) is 12.1 Å². The van der Waals surface area contributed by atoms with Gasteiger partial charge in [0, 0.05) is 12.1 Å². The lowest BCUT2D eigenvalue weighted by Gasteiger charge is -2.21. The largest absolute Gasteiger partial charge is 0.493 e. The number of hydrogen-bond donors (Lipinski definition) is 2. The lowest BCUT2D eigenvalue weighted by atomic mass is 9.98. The van der Waals surface area contributed by atoms with E-state index in [9.17, 15) is 0 Å². The topological polar surface area (TPSA) is 42.5 Å². The molecule has 1 aromatic carbocycles. The van der Waals surface area contributed by atoms with Crippen LogP contribution in [0.1, 0.15) is 30.9 Å². The van der Waals surface area contributed by atoms with E-state index in [-0.39, 0.29) is 0 Å². The van der Waals surface area contributed by atoms with E-state index < -0.39 is 0 Å². The molecule has 1 aromatic rings. The standard InChI is InChI=1S/C15H24N2O2/c1-16-13(10-12-5-4-8-17-12)11-6-7-14(18-2)15(9-11)19-3/h6-7,9,12-13,16-17H,4-5,8,10H2,1-3H3. The van der Waals surface area contributed by atoms with Crippen molar-refractivity contribution < 1.29 is 9.47 Å². The predicted molar refractivity (Wildman–Crippen MR) is 77.0 cm³/mol. The summed E-state index contributed by atoms with van der Waals surface area (Å²) >= 11 is 0. The first kappa shape index (κ1) is 14.2. The van der Waals surface area contributed by atoms with Gasteiger partial charge in [0.1, 0.15) is 0 Å². The van der Waals surface area contributed by atoms with E-state index in [1.54, 1.807) is 14.2 Å². The summed E-state index contributed by atoms with van der Waals surface area (Å²) in [4.78, 5) is 0. The van der Waals surface area contributed by atoms with Crippen molar-refractivity contribution in [3.63, 3.8) is 0 Å². The van der Waals surface area contributed by atoms with Crippen LogP contribution in [0.15, 0.2) is 18.2 Å². The molecule has 19 heavy (non-hydrogen) atoms. The van der Waals surface area contributed by atoms with Gasteiger partial charge in [-0.15, -0.1) is 0 Å². The minimum atomic E-state index is 0.343. The first-order valence-electron chi connectivity index (χ1n) is 6.91. The molecule has 0 radical (unpaired) electrons. The highest BCUT2D eigenvalue weighted by atomic mass is 16.5. The zero-order valence-electron chi connectivity index (χ0n) is 12.0. The van der Waals surface area contributed by atoms with E-state index in [1.807, 2.05) is 13.1 Å². The summed E-state index contributed by atoms with van der Waals surface area (Å²) in [6.07, 6.45) is 3.66. The first-order valence-corrected chi connectivity index (χ1v) is 6.91. The third-order valence-corrected chi connectivity index (χ3v) is 3.84. The Balaban J connectivity index is 2.12. The van der Waals surface area contributed by atoms with Crippen molar-refractivity contribution in [3.8, 4) is 11.5 Å². The Morgan fingerprint density at radius 2 is 2.11 bits per heavy atom. The predicted octanol–water partition coefficient (Wildman–Crippen LogP) is 2.11. The summed E-state index contributed by atoms with van der Waals surface area (Å²) in [6, 6.07) is 7.11. The smallest absolute Gasteiger partial charge is 0.161 e. The summed E-state index contributed by atoms with van der Waals surface area (Å²) in [5, 5.41) is 6.94. The molecule has 1 fully saturated rings. The summed E-state index contributed by atoms with van der Waals surface area (Å²) in [7, 11) is 5.35. The number of hydrogen-bond acceptors (Lipinski definition) is 4. The van der Waals surface area contributed by atoms with Crippen LogP contribution in [0.4, 0.5) is 0 Å². The van der Waals surface area contributed by atoms with Gasteiger partial charge >= 0.3 is 0 Å². The highest BCUT2D eigenvalue weighted by Gasteiger charge is 2.20. The minimum Gasteiger partial charge on any atom is -0.493 e. The van der Waals surface area contributed by atoms with Crippen LogP contribution in [0.25, 0.3) is 0 Å². The maximum atomic E-state index is 5.37. The monoisotopic (exact) mass is 264 g/mol. The Bertz CT molecular complexity index is 403. The fourth-order valence-electron chi connectivity index (χ4n) is 2.73. The van der Waals surface area contributed by atoms with E-state index >= 15 is 0 Å². The summed E-state index contributed by atoms with van der Waals surface area (Å²) < 4.78 is 10.7. The lowest BCUT2D eigenvalue weighted by Crippen LogP contribution is -2.28. The Hall–Kier alpha value is -1.26. The molecule has 1 heterocycles. The van der Waals surface area contributed by atoms with Crippen LogP contribution in [0.5, 0.6) is 11.5 Å². The molecule has 4 heteroatoms. The first-order chi connectivity index (χ1) is 9.28. The molecular formula is C15H24N2O2. The molecule has 0 bridgehead atoms. The SMILES string of the molecule is CNC(CC1CCCN1)c1ccc(OC)c(OC)c1. The number of rotatable bonds is 6. The molecule has 0 amide bonds. The van der Waals surface area contributed by atoms with Gasteiger partial charge in [0.05, 0.1) is 14.2 Å². The molecule has 4 nitrogen and oxygen atoms in total. The summed E-state index contributed by atoms with van der Waals surface area (Å²) in [6.45, 7) is 1.15. The fraction of sp³-hybridized carbons (Fsp3) is 0.600. The van der Waals surface area contributed by atoms with Gasteiger partial charge in [-0.25, -0.2) is 0 Å². The second kappa shape index (κ2) is 6.78. The van der Waals surface area contributed by atoms with Crippen molar-refractivity contribution in [3.05, 3.63) is 23.8 Å². The Morgan fingerprint density at radius 3 is 2.68 bits per heavy atom. The van der Waals surface area contributed by atoms with E-state index in [0.717, 1.165) is 24.5 Å². The highest BCUT2D eigenvalue weighted by molar-refractivity contribution is 5.43. The zero-order chi connectivity index (χ0) is 13.7. The van der Waals surface area contributed by atoms with Crippen LogP contribution in [0.2, 0.25) is 0 Å². The summed E-state index contributed by atoms with van der Waals surface area (Å²) in [5.74, 6) is 1.57. The van der Waals surface area contributed by atoms with E-state index in [2.05, 4.69) is 22.8 Å². The number of ether oxygens (including phenoxy) is 2. The molecule has 0 aromatic heterocycles. The van der Waals surface area contributed by atoms with Crippen molar-refractivity contribution in [1.82, 2.24) is 10.6 Å². The molecule has 0 spiro atoms. The van der Waals surface area contributed by atoms with Crippen molar-refractivity contribution in [2.24, 2.45) is 0 Å². The molecular weight excluding hydrogens is 240 g/mol. The molecule has 0 aliphatic carbocycles. The van der Waals surface area contributed by atoms with Crippen molar-refractivity contribution in [1.29, 1.82) is 0 Å². The second-order valence-corrected chi connectivity index (χ2v) is 4.98. The lowest BCUT2D eigenvalue weighted by molar-refractivity contribution is 0.353. The van der Waals surface area contributed by atoms with Crippen LogP contribution >= 0.6 is 0 Å². The summed E-state index contributed by atoms with van der Waals surface area (Å²) in [5.41, 5.74) is 1.24. The van der Waals surface area contributed by atoms with Gasteiger partial charge in [0.15, 0.2) is 11.5 Å². The van der Waals surface area contributed by atoms with Gasteiger partial charge < -0.3 is 20.1 Å². The Morgan fingerprint density at radius 1 is 1.32 bits per heavy atom. The fourth-order valence-corrected chi connectivity index (χ4v) is 2.73. The Kier molecular flexibility index (Phi) is 5.05. The molecule has 2 atom stereocenters. The number of methoxy groups -OCH3 is 2. The quantitative estimate of drug-likeness (QED) is 0.826. The normalized spacial score (nSPS) is 20.3. The average molecular weight is 264 g/mol. The molecule has 2 N–H and O–H groups in total. The van der Waals surface area contributed by atoms with Crippen LogP contribution < -0.4 is 20.1 Å². The average Bonchev–Trinajstić information content (AvgIpc) is 2.97. The third kappa shape index (κ3) is 3.39. The second-order valence-electron chi connectivity index (χ2n) is 4.98. The molecule has 2 unspecified atom stereocenters. The van der Waals surface area contributed by atoms with E-state index in [1.165, 1.54) is 18.4 Å². The maximum absolute atomic E-state index is 5.37. The third-order valence-electron chi connectivity index (χ3n) is 3.84. The molecule has 0 saturated carbocycles. The molecule has 1 aliphatic rings. The van der Waals surface area contributed by atoms with Crippen molar-refractivity contribution >= 4 is 0 Å². The van der Waals surface area contributed by atoms with Gasteiger partial charge in [-0.1, -0.05) is 6.07 Å². The van der Waals surface area contributed by atoms with E-state index in [4.69, 9.17) is 9.47 Å². The van der Waals surface area contributed by atoms with Gasteiger partial charge in [-0.3, -0.25) is 0 Å². The molecule has 2 rings (SSSR count). The minimum absolute atomic E-state index is 0.343. The van der Waals surface area contributed by atoms with Gasteiger partial charge in [-0.05, 0) is 50.6 Å². The van der Waals surface area contributed by atoms with Gasteiger partial charge in [-0.2, -0.15) is 0 Å². The molecule has 1 saturated heterocycles. The van der Waals surface area contributed by atoms with Crippen LogP contribution in [-0.4, -0.2) is 33.9 Å². The molecule has 1 aliphatic heterocycles. The van der Waals surface area contributed by atoms with Gasteiger partial charge in [0.25, 0.3) is 0 Å². The molecule has 106 valence electrons. The van der Waals surface area contributed by atoms with Crippen LogP contribution in [-0.2, 0) is 0 Å².